The number of hydrogen-bond donors (Lipinski definition) is 1. The Balaban J connectivity index is 1.45. The zero-order valence-corrected chi connectivity index (χ0v) is 13.8. The number of nitrogens with zero attached hydrogens (tertiary/aromatic N) is 5. The monoisotopic (exact) mass is 336 g/mol. The zero-order valence-electron chi connectivity index (χ0n) is 13.0. The molecule has 0 atom stereocenters. The van der Waals surface area contributed by atoms with Crippen LogP contribution >= 0.6 is 0 Å². The molecule has 0 bridgehead atoms. The van der Waals surface area contributed by atoms with Crippen LogP contribution in [0.5, 0.6) is 0 Å². The van der Waals surface area contributed by atoms with Crippen molar-refractivity contribution in [2.45, 2.75) is 43.9 Å². The topological polar surface area (TPSA) is 92.5 Å². The van der Waals surface area contributed by atoms with Crippen molar-refractivity contribution in [2.75, 3.05) is 18.4 Å². The minimum Gasteiger partial charge on any atom is -0.367 e. The Bertz CT molecular complexity index is 821. The van der Waals surface area contributed by atoms with Crippen molar-refractivity contribution in [2.24, 2.45) is 0 Å². The third-order valence-electron chi connectivity index (χ3n) is 4.49. The third kappa shape index (κ3) is 2.78. The summed E-state index contributed by atoms with van der Waals surface area (Å²) in [6.07, 6.45) is 4.72. The summed E-state index contributed by atoms with van der Waals surface area (Å²) in [7, 11) is -3.05. The smallest absolute Gasteiger partial charge is 0.254 e. The summed E-state index contributed by atoms with van der Waals surface area (Å²) in [4.78, 5) is 8.44. The Hall–Kier alpha value is -1.74. The van der Waals surface area contributed by atoms with Gasteiger partial charge >= 0.3 is 0 Å². The van der Waals surface area contributed by atoms with Crippen LogP contribution in [0.3, 0.4) is 0 Å². The van der Waals surface area contributed by atoms with Gasteiger partial charge in [-0.05, 0) is 32.6 Å². The van der Waals surface area contributed by atoms with E-state index < -0.39 is 10.0 Å². The second kappa shape index (κ2) is 5.41. The predicted octanol–water partition coefficient (Wildman–Crippen LogP) is 0.801. The summed E-state index contributed by atoms with van der Waals surface area (Å²) in [5.41, 5.74) is 0.877. The number of rotatable bonds is 4. The lowest BCUT2D eigenvalue weighted by Crippen LogP contribution is -2.43. The lowest BCUT2D eigenvalue weighted by Gasteiger charge is -2.32. The van der Waals surface area contributed by atoms with E-state index in [1.54, 1.807) is 8.82 Å². The molecule has 2 aliphatic rings. The van der Waals surface area contributed by atoms with Crippen molar-refractivity contribution < 1.29 is 8.42 Å². The summed E-state index contributed by atoms with van der Waals surface area (Å²) >= 11 is 0. The maximum absolute atomic E-state index is 12.3. The van der Waals surface area contributed by atoms with Crippen molar-refractivity contribution in [3.8, 4) is 0 Å². The highest BCUT2D eigenvalue weighted by molar-refractivity contribution is 7.90. The van der Waals surface area contributed by atoms with Gasteiger partial charge in [0.1, 0.15) is 12.1 Å². The van der Waals surface area contributed by atoms with E-state index in [0.29, 0.717) is 18.9 Å². The maximum atomic E-state index is 12.3. The van der Waals surface area contributed by atoms with Gasteiger partial charge in [0.25, 0.3) is 5.78 Å². The predicted molar refractivity (Wildman–Crippen MR) is 85.7 cm³/mol. The quantitative estimate of drug-likeness (QED) is 0.888. The van der Waals surface area contributed by atoms with Gasteiger partial charge in [-0.15, -0.1) is 0 Å². The molecule has 2 fully saturated rings. The fourth-order valence-corrected chi connectivity index (χ4v) is 4.95. The van der Waals surface area contributed by atoms with Gasteiger partial charge in [-0.2, -0.15) is 14.6 Å². The molecule has 9 heteroatoms. The molecule has 0 spiro atoms. The molecule has 0 radical (unpaired) electrons. The molecule has 0 unspecified atom stereocenters. The lowest BCUT2D eigenvalue weighted by molar-refractivity contribution is 0.328. The van der Waals surface area contributed by atoms with Crippen LogP contribution in [0.4, 0.5) is 5.82 Å². The summed E-state index contributed by atoms with van der Waals surface area (Å²) in [6, 6.07) is 2.17. The van der Waals surface area contributed by atoms with Crippen LogP contribution in [0.15, 0.2) is 12.4 Å². The largest absolute Gasteiger partial charge is 0.367 e. The molecule has 124 valence electrons. The summed E-state index contributed by atoms with van der Waals surface area (Å²) < 4.78 is 27.9. The molecule has 0 amide bonds. The number of anilines is 1. The van der Waals surface area contributed by atoms with Gasteiger partial charge in [0, 0.05) is 30.9 Å². The van der Waals surface area contributed by atoms with Crippen LogP contribution < -0.4 is 5.32 Å². The second-order valence-corrected chi connectivity index (χ2v) is 8.53. The Morgan fingerprint density at radius 1 is 1.22 bits per heavy atom. The van der Waals surface area contributed by atoms with Gasteiger partial charge in [0.2, 0.25) is 10.0 Å². The van der Waals surface area contributed by atoms with Crippen LogP contribution in [0, 0.1) is 6.92 Å². The van der Waals surface area contributed by atoms with Gasteiger partial charge in [0.05, 0.1) is 5.25 Å². The number of hydrogen-bond acceptors (Lipinski definition) is 6. The number of aryl methyl sites for hydroxylation is 1. The van der Waals surface area contributed by atoms with Gasteiger partial charge in [0.15, 0.2) is 0 Å². The minimum atomic E-state index is -3.05. The summed E-state index contributed by atoms with van der Waals surface area (Å²) in [5, 5.41) is 7.53. The second-order valence-electron chi connectivity index (χ2n) is 6.32. The molecule has 4 rings (SSSR count). The van der Waals surface area contributed by atoms with E-state index in [-0.39, 0.29) is 11.3 Å². The molecular weight excluding hydrogens is 316 g/mol. The average Bonchev–Trinajstić information content (AvgIpc) is 3.28. The van der Waals surface area contributed by atoms with E-state index in [9.17, 15) is 8.42 Å². The molecule has 1 N–H and O–H groups in total. The highest BCUT2D eigenvalue weighted by atomic mass is 32.2. The van der Waals surface area contributed by atoms with Crippen LogP contribution in [-0.2, 0) is 10.0 Å². The molecule has 1 saturated heterocycles. The number of fused-ring (bicyclic) bond motifs is 1. The zero-order chi connectivity index (χ0) is 16.0. The summed E-state index contributed by atoms with van der Waals surface area (Å²) in [5.74, 6) is 1.43. The first-order valence-electron chi connectivity index (χ1n) is 7.97. The highest BCUT2D eigenvalue weighted by Crippen LogP contribution is 2.32. The van der Waals surface area contributed by atoms with Crippen molar-refractivity contribution in [1.29, 1.82) is 0 Å². The van der Waals surface area contributed by atoms with Gasteiger partial charge in [-0.3, -0.25) is 0 Å². The first kappa shape index (κ1) is 14.8. The molecule has 2 aromatic heterocycles. The molecule has 23 heavy (non-hydrogen) atoms. The average molecular weight is 336 g/mol. The molecule has 8 nitrogen and oxygen atoms in total. The maximum Gasteiger partial charge on any atom is 0.254 e. The Morgan fingerprint density at radius 2 is 1.96 bits per heavy atom. The van der Waals surface area contributed by atoms with E-state index in [4.69, 9.17) is 0 Å². The SMILES string of the molecule is Cc1cc(NC2CCN(S(=O)(=O)C3CC3)CC2)n2ncnc2n1. The number of nitrogens with one attached hydrogen (secondary N) is 1. The highest BCUT2D eigenvalue weighted by Gasteiger charge is 2.41. The fourth-order valence-electron chi connectivity index (χ4n) is 3.07. The standard InChI is InChI=1S/C14H20N6O2S/c1-10-8-13(20-14(17-10)15-9-16-20)18-11-4-6-19(7-5-11)23(21,22)12-2-3-12/h8-9,11-12,18H,2-7H2,1H3. The van der Waals surface area contributed by atoms with Gasteiger partial charge < -0.3 is 5.32 Å². The number of piperidine rings is 1. The van der Waals surface area contributed by atoms with Gasteiger partial charge in [-0.1, -0.05) is 0 Å². The molecular formula is C14H20N6O2S. The van der Waals surface area contributed by atoms with E-state index in [1.807, 2.05) is 13.0 Å². The van der Waals surface area contributed by atoms with Crippen molar-refractivity contribution in [3.63, 3.8) is 0 Å². The minimum absolute atomic E-state index is 0.121. The molecule has 1 aliphatic carbocycles. The number of sulfonamides is 1. The number of aromatic nitrogens is 4. The van der Waals surface area contributed by atoms with Gasteiger partial charge in [-0.25, -0.2) is 17.7 Å². The van der Waals surface area contributed by atoms with Crippen molar-refractivity contribution >= 4 is 21.6 Å². The Labute approximate surface area is 135 Å². The third-order valence-corrected chi connectivity index (χ3v) is 6.89. The Kier molecular flexibility index (Phi) is 3.49. The van der Waals surface area contributed by atoms with E-state index in [0.717, 1.165) is 37.2 Å². The molecule has 0 aromatic carbocycles. The van der Waals surface area contributed by atoms with Crippen LogP contribution in [0.1, 0.15) is 31.4 Å². The fraction of sp³-hybridized carbons (Fsp3) is 0.643. The molecule has 2 aromatic rings. The van der Waals surface area contributed by atoms with Crippen molar-refractivity contribution in [3.05, 3.63) is 18.1 Å². The molecule has 1 saturated carbocycles. The van der Waals surface area contributed by atoms with E-state index in [2.05, 4.69) is 20.4 Å². The Morgan fingerprint density at radius 3 is 2.65 bits per heavy atom. The molecule has 1 aliphatic heterocycles. The summed E-state index contributed by atoms with van der Waals surface area (Å²) in [6.45, 7) is 3.09. The molecule has 3 heterocycles. The van der Waals surface area contributed by atoms with E-state index >= 15 is 0 Å². The lowest BCUT2D eigenvalue weighted by atomic mass is 10.1. The van der Waals surface area contributed by atoms with Crippen LogP contribution in [-0.4, -0.2) is 56.7 Å². The van der Waals surface area contributed by atoms with Crippen LogP contribution in [0.2, 0.25) is 0 Å². The normalized spacial score (nSPS) is 20.9. The first-order chi connectivity index (χ1) is 11.0. The first-order valence-corrected chi connectivity index (χ1v) is 9.47. The van der Waals surface area contributed by atoms with Crippen LogP contribution in [0.25, 0.3) is 5.78 Å². The van der Waals surface area contributed by atoms with E-state index in [1.165, 1.54) is 6.33 Å². The van der Waals surface area contributed by atoms with Crippen molar-refractivity contribution in [1.82, 2.24) is 23.9 Å².